The van der Waals surface area contributed by atoms with Crippen LogP contribution in [0.1, 0.15) is 0 Å². The molecule has 0 aliphatic heterocycles. The molecule has 4 nitrogen and oxygen atoms in total. The number of aromatic nitrogens is 3. The third kappa shape index (κ3) is 4.73. The SMILES string of the molecule is c1ccc(-c2nc(-c3ccccc3)nc(-c3cc(-c4ccc5c6ccccc6c6ccccc6c5c4)cc4c3oc3c5ccccc5ccc43)n2)cc1. The van der Waals surface area contributed by atoms with E-state index in [-0.39, 0.29) is 0 Å². The second kappa shape index (κ2) is 11.7. The van der Waals surface area contributed by atoms with Crippen LogP contribution >= 0.6 is 0 Å². The number of furan rings is 1. The molecular weight excluding hydrogens is 647 g/mol. The van der Waals surface area contributed by atoms with Gasteiger partial charge in [0.2, 0.25) is 0 Å². The van der Waals surface area contributed by atoms with Gasteiger partial charge in [-0.15, -0.1) is 0 Å². The molecule has 9 aromatic carbocycles. The predicted molar refractivity (Wildman–Crippen MR) is 219 cm³/mol. The van der Waals surface area contributed by atoms with Gasteiger partial charge in [-0.3, -0.25) is 0 Å². The van der Waals surface area contributed by atoms with Gasteiger partial charge in [-0.2, -0.15) is 0 Å². The Balaban J connectivity index is 1.23. The standard InChI is InChI=1S/C49H29N3O/c1-3-14-31(15-4-1)47-50-48(32-16-5-2-6-17-32)52-49(51-47)44-29-34(28-43-41-26-23-30-13-7-8-18-35(30)45(41)53-46(43)44)33-24-25-40-38-21-10-9-19-36(38)37-20-11-12-22-39(37)42(40)27-33/h1-29H. The molecule has 0 atom stereocenters. The summed E-state index contributed by atoms with van der Waals surface area (Å²) >= 11 is 0. The lowest BCUT2D eigenvalue weighted by molar-refractivity contribution is 0.673. The van der Waals surface area contributed by atoms with Crippen LogP contribution in [0.15, 0.2) is 180 Å². The zero-order chi connectivity index (χ0) is 34.9. The second-order valence-corrected chi connectivity index (χ2v) is 13.6. The maximum atomic E-state index is 6.91. The zero-order valence-corrected chi connectivity index (χ0v) is 28.5. The van der Waals surface area contributed by atoms with Gasteiger partial charge in [0.25, 0.3) is 0 Å². The third-order valence-electron chi connectivity index (χ3n) is 10.5. The molecule has 0 saturated carbocycles. The first-order chi connectivity index (χ1) is 26.3. The number of nitrogens with zero attached hydrogens (tertiary/aromatic N) is 3. The molecule has 4 heteroatoms. The fourth-order valence-corrected chi connectivity index (χ4v) is 7.96. The van der Waals surface area contributed by atoms with Crippen LogP contribution in [0.25, 0.3) is 110 Å². The highest BCUT2D eigenvalue weighted by Crippen LogP contribution is 2.43. The van der Waals surface area contributed by atoms with Crippen molar-refractivity contribution in [3.63, 3.8) is 0 Å². The summed E-state index contributed by atoms with van der Waals surface area (Å²) in [5.41, 5.74) is 6.44. The van der Waals surface area contributed by atoms with E-state index in [4.69, 9.17) is 19.4 Å². The summed E-state index contributed by atoms with van der Waals surface area (Å²) < 4.78 is 6.91. The lowest BCUT2D eigenvalue weighted by Gasteiger charge is -2.13. The van der Waals surface area contributed by atoms with Crippen molar-refractivity contribution in [1.82, 2.24) is 15.0 Å². The van der Waals surface area contributed by atoms with E-state index < -0.39 is 0 Å². The van der Waals surface area contributed by atoms with E-state index in [0.717, 1.165) is 60.5 Å². The molecule has 0 N–H and O–H groups in total. The van der Waals surface area contributed by atoms with Gasteiger partial charge in [0.1, 0.15) is 11.2 Å². The summed E-state index contributed by atoms with van der Waals surface area (Å²) in [4.78, 5) is 15.3. The average molecular weight is 676 g/mol. The van der Waals surface area contributed by atoms with Gasteiger partial charge in [-0.1, -0.05) is 152 Å². The summed E-state index contributed by atoms with van der Waals surface area (Å²) in [5.74, 6) is 1.78. The van der Waals surface area contributed by atoms with Crippen molar-refractivity contribution in [1.29, 1.82) is 0 Å². The number of benzene rings is 9. The predicted octanol–water partition coefficient (Wildman–Crippen LogP) is 13.1. The molecule has 0 spiro atoms. The van der Waals surface area contributed by atoms with Gasteiger partial charge in [0, 0.05) is 27.3 Å². The summed E-state index contributed by atoms with van der Waals surface area (Å²) in [5, 5.41) is 11.7. The summed E-state index contributed by atoms with van der Waals surface area (Å²) in [6.45, 7) is 0. The van der Waals surface area contributed by atoms with E-state index in [1.54, 1.807) is 0 Å². The Bertz CT molecular complexity index is 3130. The molecule has 2 aromatic heterocycles. The maximum Gasteiger partial charge on any atom is 0.167 e. The number of hydrogen-bond donors (Lipinski definition) is 0. The molecular formula is C49H29N3O. The van der Waals surface area contributed by atoms with E-state index in [2.05, 4.69) is 115 Å². The number of hydrogen-bond acceptors (Lipinski definition) is 4. The Morgan fingerprint density at radius 2 is 0.774 bits per heavy atom. The highest BCUT2D eigenvalue weighted by molar-refractivity contribution is 6.26. The summed E-state index contributed by atoms with van der Waals surface area (Å²) in [6, 6.07) is 61.7. The van der Waals surface area contributed by atoms with Crippen molar-refractivity contribution in [2.75, 3.05) is 0 Å². The summed E-state index contributed by atoms with van der Waals surface area (Å²) in [6.07, 6.45) is 0. The Labute approximate surface area is 304 Å². The summed E-state index contributed by atoms with van der Waals surface area (Å²) in [7, 11) is 0. The molecule has 11 aromatic rings. The van der Waals surface area contributed by atoms with Crippen molar-refractivity contribution in [2.24, 2.45) is 0 Å². The van der Waals surface area contributed by atoms with Crippen molar-refractivity contribution in [3.05, 3.63) is 176 Å². The molecule has 53 heavy (non-hydrogen) atoms. The first kappa shape index (κ1) is 29.5. The van der Waals surface area contributed by atoms with E-state index in [1.165, 1.54) is 32.3 Å². The Hall–Kier alpha value is -7.17. The molecule has 0 saturated heterocycles. The quantitative estimate of drug-likeness (QED) is 0.174. The van der Waals surface area contributed by atoms with E-state index in [1.807, 2.05) is 60.7 Å². The zero-order valence-electron chi connectivity index (χ0n) is 28.5. The monoisotopic (exact) mass is 675 g/mol. The number of fused-ring (bicyclic) bond motifs is 11. The van der Waals surface area contributed by atoms with Crippen LogP contribution in [0.5, 0.6) is 0 Å². The minimum absolute atomic E-state index is 0.560. The van der Waals surface area contributed by atoms with Crippen LogP contribution in [0.3, 0.4) is 0 Å². The Morgan fingerprint density at radius 1 is 0.283 bits per heavy atom. The molecule has 0 amide bonds. The fourth-order valence-electron chi connectivity index (χ4n) is 7.96. The minimum atomic E-state index is 0.560. The first-order valence-corrected chi connectivity index (χ1v) is 17.9. The number of rotatable bonds is 4. The second-order valence-electron chi connectivity index (χ2n) is 13.6. The van der Waals surface area contributed by atoms with Crippen LogP contribution in [0, 0.1) is 0 Å². The van der Waals surface area contributed by atoms with Crippen LogP contribution in [-0.4, -0.2) is 15.0 Å². The van der Waals surface area contributed by atoms with Crippen LogP contribution in [-0.2, 0) is 0 Å². The molecule has 0 unspecified atom stereocenters. The van der Waals surface area contributed by atoms with Gasteiger partial charge in [0.15, 0.2) is 17.5 Å². The lowest BCUT2D eigenvalue weighted by atomic mass is 9.91. The van der Waals surface area contributed by atoms with Crippen molar-refractivity contribution in [3.8, 4) is 45.3 Å². The molecule has 0 aliphatic carbocycles. The highest BCUT2D eigenvalue weighted by Gasteiger charge is 2.21. The van der Waals surface area contributed by atoms with Gasteiger partial charge in [0.05, 0.1) is 5.56 Å². The lowest BCUT2D eigenvalue weighted by Crippen LogP contribution is -2.00. The van der Waals surface area contributed by atoms with Gasteiger partial charge in [-0.05, 0) is 73.1 Å². The van der Waals surface area contributed by atoms with Crippen molar-refractivity contribution in [2.45, 2.75) is 0 Å². The van der Waals surface area contributed by atoms with Crippen LogP contribution in [0.2, 0.25) is 0 Å². The smallest absolute Gasteiger partial charge is 0.167 e. The molecule has 246 valence electrons. The van der Waals surface area contributed by atoms with Gasteiger partial charge < -0.3 is 4.42 Å². The molecule has 0 bridgehead atoms. The van der Waals surface area contributed by atoms with Crippen LogP contribution < -0.4 is 0 Å². The van der Waals surface area contributed by atoms with E-state index >= 15 is 0 Å². The maximum absolute atomic E-state index is 6.91. The van der Waals surface area contributed by atoms with Crippen LogP contribution in [0.4, 0.5) is 0 Å². The largest absolute Gasteiger partial charge is 0.455 e. The van der Waals surface area contributed by atoms with E-state index in [9.17, 15) is 0 Å². The molecule has 0 fully saturated rings. The molecule has 0 aliphatic rings. The molecule has 0 radical (unpaired) electrons. The topological polar surface area (TPSA) is 51.8 Å². The fraction of sp³-hybridized carbons (Fsp3) is 0. The Kier molecular flexibility index (Phi) is 6.52. The third-order valence-corrected chi connectivity index (χ3v) is 10.5. The normalized spacial score (nSPS) is 11.8. The van der Waals surface area contributed by atoms with E-state index in [0.29, 0.717) is 17.5 Å². The van der Waals surface area contributed by atoms with Gasteiger partial charge in [-0.25, -0.2) is 15.0 Å². The molecule has 2 heterocycles. The minimum Gasteiger partial charge on any atom is -0.455 e. The Morgan fingerprint density at radius 3 is 1.42 bits per heavy atom. The molecule has 11 rings (SSSR count). The van der Waals surface area contributed by atoms with Crippen molar-refractivity contribution >= 4 is 65.0 Å². The van der Waals surface area contributed by atoms with Gasteiger partial charge >= 0.3 is 0 Å². The average Bonchev–Trinajstić information content (AvgIpc) is 3.63. The highest BCUT2D eigenvalue weighted by atomic mass is 16.3. The first-order valence-electron chi connectivity index (χ1n) is 17.9. The van der Waals surface area contributed by atoms with Crippen molar-refractivity contribution < 1.29 is 4.42 Å².